The van der Waals surface area contributed by atoms with Gasteiger partial charge in [-0.25, -0.2) is 4.79 Å². The molecule has 0 aromatic heterocycles. The number of anilines is 2. The fourth-order valence-electron chi connectivity index (χ4n) is 2.47. The van der Waals surface area contributed by atoms with Crippen molar-refractivity contribution in [2.45, 2.75) is 0 Å². The van der Waals surface area contributed by atoms with Gasteiger partial charge in [-0.1, -0.05) is 29.8 Å². The molecule has 3 rings (SSSR count). The average Bonchev–Trinajstić information content (AvgIpc) is 2.71. The van der Waals surface area contributed by atoms with Crippen molar-refractivity contribution in [1.82, 2.24) is 0 Å². The maximum atomic E-state index is 12.3. The maximum Gasteiger partial charge on any atom is 0.323 e. The summed E-state index contributed by atoms with van der Waals surface area (Å²) in [6.45, 7) is 0. The largest absolute Gasteiger partial charge is 0.495 e. The molecule has 3 aromatic carbocycles. The Bertz CT molecular complexity index is 947. The summed E-state index contributed by atoms with van der Waals surface area (Å²) < 4.78 is 16.2. The van der Waals surface area contributed by atoms with Gasteiger partial charge in [0.05, 0.1) is 24.9 Å². The number of amides is 2. The molecular formula is C21H19ClN2O4. The number of methoxy groups -OCH3 is 2. The number of hydrogen-bond donors (Lipinski definition) is 2. The lowest BCUT2D eigenvalue weighted by Crippen LogP contribution is -2.19. The second kappa shape index (κ2) is 9.01. The van der Waals surface area contributed by atoms with E-state index < -0.39 is 6.03 Å². The smallest absolute Gasteiger partial charge is 0.323 e. The van der Waals surface area contributed by atoms with Crippen molar-refractivity contribution in [3.63, 3.8) is 0 Å². The highest BCUT2D eigenvalue weighted by atomic mass is 35.5. The molecule has 6 nitrogen and oxygen atoms in total. The molecule has 0 heterocycles. The van der Waals surface area contributed by atoms with E-state index in [4.69, 9.17) is 25.8 Å². The number of carbonyl (C=O) groups is 1. The SMILES string of the molecule is COc1cc(NC(=O)Nc2ccc(Oc3ccccc3)cc2)c(OC)cc1Cl. The Hall–Kier alpha value is -3.38. The van der Waals surface area contributed by atoms with E-state index in [0.29, 0.717) is 33.6 Å². The summed E-state index contributed by atoms with van der Waals surface area (Å²) >= 11 is 6.07. The van der Waals surface area contributed by atoms with Gasteiger partial charge in [0.2, 0.25) is 0 Å². The van der Waals surface area contributed by atoms with Gasteiger partial charge in [0.1, 0.15) is 23.0 Å². The van der Waals surface area contributed by atoms with Crippen LogP contribution in [0.15, 0.2) is 66.7 Å². The molecule has 0 aliphatic carbocycles. The van der Waals surface area contributed by atoms with Gasteiger partial charge in [-0.3, -0.25) is 0 Å². The summed E-state index contributed by atoms with van der Waals surface area (Å²) in [5.74, 6) is 2.26. The first kappa shape index (κ1) is 19.4. The number of hydrogen-bond acceptors (Lipinski definition) is 4. The van der Waals surface area contributed by atoms with Crippen LogP contribution < -0.4 is 24.8 Å². The minimum absolute atomic E-state index is 0.388. The van der Waals surface area contributed by atoms with Gasteiger partial charge in [-0.05, 0) is 36.4 Å². The molecule has 0 unspecified atom stereocenters. The molecule has 0 saturated heterocycles. The summed E-state index contributed by atoms with van der Waals surface area (Å²) in [4.78, 5) is 12.3. The van der Waals surface area contributed by atoms with Crippen molar-refractivity contribution in [2.24, 2.45) is 0 Å². The predicted molar refractivity (Wildman–Crippen MR) is 110 cm³/mol. The van der Waals surface area contributed by atoms with Crippen LogP contribution in [0.1, 0.15) is 0 Å². The van der Waals surface area contributed by atoms with Crippen LogP contribution in [0.3, 0.4) is 0 Å². The van der Waals surface area contributed by atoms with E-state index in [1.807, 2.05) is 30.3 Å². The monoisotopic (exact) mass is 398 g/mol. The number of para-hydroxylation sites is 1. The number of urea groups is 1. The maximum absolute atomic E-state index is 12.3. The van der Waals surface area contributed by atoms with Crippen LogP contribution in [0, 0.1) is 0 Å². The van der Waals surface area contributed by atoms with Crippen molar-refractivity contribution < 1.29 is 19.0 Å². The van der Waals surface area contributed by atoms with E-state index >= 15 is 0 Å². The first-order chi connectivity index (χ1) is 13.6. The van der Waals surface area contributed by atoms with Crippen LogP contribution in [-0.2, 0) is 0 Å². The van der Waals surface area contributed by atoms with E-state index in [2.05, 4.69) is 10.6 Å². The van der Waals surface area contributed by atoms with Crippen molar-refractivity contribution in [1.29, 1.82) is 0 Å². The van der Waals surface area contributed by atoms with E-state index in [0.717, 1.165) is 5.75 Å². The first-order valence-corrected chi connectivity index (χ1v) is 8.79. The van der Waals surface area contributed by atoms with Crippen molar-refractivity contribution in [3.05, 3.63) is 71.8 Å². The quantitative estimate of drug-likeness (QED) is 0.551. The van der Waals surface area contributed by atoms with E-state index in [1.54, 1.807) is 36.4 Å². The Balaban J connectivity index is 1.65. The third kappa shape index (κ3) is 4.86. The number of ether oxygens (including phenoxy) is 3. The van der Waals surface area contributed by atoms with Crippen LogP contribution in [-0.4, -0.2) is 20.3 Å². The fourth-order valence-corrected chi connectivity index (χ4v) is 2.70. The zero-order chi connectivity index (χ0) is 19.9. The summed E-state index contributed by atoms with van der Waals surface area (Å²) in [5.41, 5.74) is 1.04. The van der Waals surface area contributed by atoms with Gasteiger partial charge in [0.25, 0.3) is 0 Å². The van der Waals surface area contributed by atoms with Crippen molar-refractivity contribution >= 4 is 29.0 Å². The molecule has 0 atom stereocenters. The van der Waals surface area contributed by atoms with Crippen molar-refractivity contribution in [3.8, 4) is 23.0 Å². The molecule has 0 radical (unpaired) electrons. The van der Waals surface area contributed by atoms with Gasteiger partial charge in [-0.2, -0.15) is 0 Å². The predicted octanol–water partition coefficient (Wildman–Crippen LogP) is 5.79. The lowest BCUT2D eigenvalue weighted by Gasteiger charge is -2.14. The topological polar surface area (TPSA) is 68.8 Å². The second-order valence-electron chi connectivity index (χ2n) is 5.71. The minimum Gasteiger partial charge on any atom is -0.495 e. The number of carbonyl (C=O) groups excluding carboxylic acids is 1. The lowest BCUT2D eigenvalue weighted by molar-refractivity contribution is 0.262. The molecule has 2 amide bonds. The fraction of sp³-hybridized carbons (Fsp3) is 0.0952. The van der Waals surface area contributed by atoms with Gasteiger partial charge in [-0.15, -0.1) is 0 Å². The van der Waals surface area contributed by atoms with E-state index in [1.165, 1.54) is 14.2 Å². The molecule has 0 fully saturated rings. The molecule has 144 valence electrons. The second-order valence-corrected chi connectivity index (χ2v) is 6.11. The summed E-state index contributed by atoms with van der Waals surface area (Å²) in [7, 11) is 2.99. The summed E-state index contributed by atoms with van der Waals surface area (Å²) in [6.07, 6.45) is 0. The highest BCUT2D eigenvalue weighted by Gasteiger charge is 2.12. The summed E-state index contributed by atoms with van der Waals surface area (Å²) in [6, 6.07) is 19.2. The zero-order valence-electron chi connectivity index (χ0n) is 15.4. The molecule has 28 heavy (non-hydrogen) atoms. The molecule has 0 aliphatic rings. The highest BCUT2D eigenvalue weighted by Crippen LogP contribution is 2.36. The summed E-state index contributed by atoms with van der Waals surface area (Å²) in [5, 5.41) is 5.86. The molecule has 3 aromatic rings. The van der Waals surface area contributed by atoms with E-state index in [9.17, 15) is 4.79 Å². The molecule has 0 saturated carbocycles. The van der Waals surface area contributed by atoms with Crippen LogP contribution >= 0.6 is 11.6 Å². The van der Waals surface area contributed by atoms with Crippen LogP contribution in [0.4, 0.5) is 16.2 Å². The number of nitrogens with one attached hydrogen (secondary N) is 2. The van der Waals surface area contributed by atoms with Crippen LogP contribution in [0.5, 0.6) is 23.0 Å². The van der Waals surface area contributed by atoms with Gasteiger partial charge in [0.15, 0.2) is 0 Å². The molecule has 7 heteroatoms. The standard InChI is InChI=1S/C21H19ClN2O4/c1-26-19-13-18(20(27-2)12-17(19)22)24-21(25)23-14-8-10-16(11-9-14)28-15-6-4-3-5-7-15/h3-13H,1-2H3,(H2,23,24,25). The third-order valence-corrected chi connectivity index (χ3v) is 4.11. The van der Waals surface area contributed by atoms with Gasteiger partial charge < -0.3 is 24.8 Å². The Morgan fingerprint density at radius 1 is 0.821 bits per heavy atom. The van der Waals surface area contributed by atoms with Crippen molar-refractivity contribution in [2.75, 3.05) is 24.9 Å². The van der Waals surface area contributed by atoms with Gasteiger partial charge in [0, 0.05) is 17.8 Å². The Kier molecular flexibility index (Phi) is 6.24. The molecule has 0 spiro atoms. The van der Waals surface area contributed by atoms with Crippen LogP contribution in [0.2, 0.25) is 5.02 Å². The molecular weight excluding hydrogens is 380 g/mol. The minimum atomic E-state index is -0.431. The normalized spacial score (nSPS) is 10.1. The first-order valence-electron chi connectivity index (χ1n) is 8.41. The third-order valence-electron chi connectivity index (χ3n) is 3.81. The Labute approximate surface area is 168 Å². The number of rotatable bonds is 6. The average molecular weight is 399 g/mol. The van der Waals surface area contributed by atoms with Crippen LogP contribution in [0.25, 0.3) is 0 Å². The molecule has 0 bridgehead atoms. The van der Waals surface area contributed by atoms with Gasteiger partial charge >= 0.3 is 6.03 Å². The van der Waals surface area contributed by atoms with E-state index in [-0.39, 0.29) is 0 Å². The zero-order valence-corrected chi connectivity index (χ0v) is 16.1. The lowest BCUT2D eigenvalue weighted by atomic mass is 10.2. The number of benzene rings is 3. The molecule has 0 aliphatic heterocycles. The highest BCUT2D eigenvalue weighted by molar-refractivity contribution is 6.32. The molecule has 2 N–H and O–H groups in total. The Morgan fingerprint density at radius 2 is 1.46 bits per heavy atom. The Morgan fingerprint density at radius 3 is 2.11 bits per heavy atom. The number of halogens is 1.